The molecule has 6 heteroatoms. The van der Waals surface area contributed by atoms with Crippen LogP contribution in [-0.2, 0) is 6.54 Å². The average Bonchev–Trinajstić information content (AvgIpc) is 2.59. The lowest BCUT2D eigenvalue weighted by Gasteiger charge is -2.45. The van der Waals surface area contributed by atoms with Crippen molar-refractivity contribution in [3.05, 3.63) is 58.3 Å². The molecule has 0 saturated carbocycles. The minimum absolute atomic E-state index is 0.00299. The van der Waals surface area contributed by atoms with Crippen molar-refractivity contribution in [1.29, 1.82) is 0 Å². The van der Waals surface area contributed by atoms with Crippen molar-refractivity contribution in [3.63, 3.8) is 0 Å². The maximum absolute atomic E-state index is 12.5. The number of carbonyl (C=O) groups excluding carboxylic acids is 1. The quantitative estimate of drug-likeness (QED) is 0.832. The number of hydrogen-bond donors (Lipinski definition) is 2. The lowest BCUT2D eigenvalue weighted by atomic mass is 9.92. The van der Waals surface area contributed by atoms with Gasteiger partial charge in [0.2, 0.25) is 0 Å². The molecule has 0 bridgehead atoms. The molecule has 1 fully saturated rings. The third kappa shape index (κ3) is 3.03. The number of carbonyl (C=O) groups is 1. The molecular formula is C18H19BrN4O. The first-order chi connectivity index (χ1) is 11.6. The summed E-state index contributed by atoms with van der Waals surface area (Å²) in [5.74, 6) is 0.00299. The van der Waals surface area contributed by atoms with Crippen LogP contribution in [0.4, 0.5) is 5.69 Å². The lowest BCUT2D eigenvalue weighted by Crippen LogP contribution is -2.62. The second-order valence-electron chi connectivity index (χ2n) is 6.45. The van der Waals surface area contributed by atoms with Crippen LogP contribution in [0.1, 0.15) is 28.9 Å². The average molecular weight is 387 g/mol. The van der Waals surface area contributed by atoms with Crippen LogP contribution in [0.2, 0.25) is 0 Å². The van der Waals surface area contributed by atoms with Crippen LogP contribution in [0.5, 0.6) is 0 Å². The molecule has 1 saturated heterocycles. The van der Waals surface area contributed by atoms with Crippen molar-refractivity contribution in [2.45, 2.75) is 25.0 Å². The molecule has 1 spiro atoms. The van der Waals surface area contributed by atoms with E-state index < -0.39 is 0 Å². The number of pyridine rings is 1. The molecule has 24 heavy (non-hydrogen) atoms. The predicted molar refractivity (Wildman–Crippen MR) is 96.7 cm³/mol. The Balaban J connectivity index is 1.45. The first kappa shape index (κ1) is 15.6. The highest BCUT2D eigenvalue weighted by Gasteiger charge is 2.40. The van der Waals surface area contributed by atoms with Crippen molar-refractivity contribution in [3.8, 4) is 0 Å². The number of rotatable bonds is 2. The molecule has 1 aromatic heterocycles. The highest BCUT2D eigenvalue weighted by atomic mass is 79.9. The summed E-state index contributed by atoms with van der Waals surface area (Å²) >= 11 is 3.42. The van der Waals surface area contributed by atoms with Gasteiger partial charge in [0.15, 0.2) is 0 Å². The number of nitrogens with zero attached hydrogens (tertiary/aromatic N) is 2. The lowest BCUT2D eigenvalue weighted by molar-refractivity contribution is 0.0821. The maximum Gasteiger partial charge on any atom is 0.255 e. The van der Waals surface area contributed by atoms with Gasteiger partial charge in [-0.2, -0.15) is 0 Å². The second-order valence-corrected chi connectivity index (χ2v) is 7.36. The molecule has 1 aromatic carbocycles. The molecule has 0 aliphatic carbocycles. The van der Waals surface area contributed by atoms with E-state index in [1.807, 2.05) is 36.5 Å². The minimum atomic E-state index is -0.335. The van der Waals surface area contributed by atoms with E-state index in [1.54, 1.807) is 0 Å². The Morgan fingerprint density at radius 2 is 2.00 bits per heavy atom. The summed E-state index contributed by atoms with van der Waals surface area (Å²) < 4.78 is 0.916. The van der Waals surface area contributed by atoms with Gasteiger partial charge in [0.25, 0.3) is 5.91 Å². The van der Waals surface area contributed by atoms with Gasteiger partial charge >= 0.3 is 0 Å². The first-order valence-electron chi connectivity index (χ1n) is 8.16. The predicted octanol–water partition coefficient (Wildman–Crippen LogP) is 2.99. The Hall–Kier alpha value is -1.92. The highest BCUT2D eigenvalue weighted by Crippen LogP contribution is 2.32. The van der Waals surface area contributed by atoms with E-state index in [-0.39, 0.29) is 11.6 Å². The maximum atomic E-state index is 12.5. The molecule has 3 heterocycles. The molecule has 0 atom stereocenters. The summed E-state index contributed by atoms with van der Waals surface area (Å²) in [4.78, 5) is 19.3. The molecule has 1 amide bonds. The third-order valence-electron chi connectivity index (χ3n) is 4.77. The molecule has 2 aromatic rings. The number of hydrogen-bond acceptors (Lipinski definition) is 4. The Labute approximate surface area is 149 Å². The van der Waals surface area contributed by atoms with Crippen molar-refractivity contribution in [1.82, 2.24) is 15.2 Å². The van der Waals surface area contributed by atoms with Crippen molar-refractivity contribution in [2.75, 3.05) is 18.4 Å². The molecular weight excluding hydrogens is 368 g/mol. The van der Waals surface area contributed by atoms with Crippen LogP contribution in [0.25, 0.3) is 0 Å². The van der Waals surface area contributed by atoms with Gasteiger partial charge in [-0.3, -0.25) is 14.7 Å². The van der Waals surface area contributed by atoms with Gasteiger partial charge in [-0.05, 0) is 30.3 Å². The van der Waals surface area contributed by atoms with Crippen LogP contribution in [0.15, 0.2) is 47.1 Å². The number of likely N-dealkylation sites (tertiary alicyclic amines) is 1. The minimum Gasteiger partial charge on any atom is -0.362 e. The fourth-order valence-electron chi connectivity index (χ4n) is 3.45. The Morgan fingerprint density at radius 1 is 1.17 bits per heavy atom. The molecule has 2 aliphatic rings. The Bertz CT molecular complexity index is 757. The fraction of sp³-hybridized carbons (Fsp3) is 0.333. The van der Waals surface area contributed by atoms with E-state index in [9.17, 15) is 4.79 Å². The number of aromatic nitrogens is 1. The monoisotopic (exact) mass is 386 g/mol. The van der Waals surface area contributed by atoms with Gasteiger partial charge in [0.1, 0.15) is 5.66 Å². The zero-order valence-electron chi connectivity index (χ0n) is 13.3. The van der Waals surface area contributed by atoms with Crippen LogP contribution in [-0.4, -0.2) is 34.5 Å². The Kier molecular flexibility index (Phi) is 4.02. The van der Waals surface area contributed by atoms with Gasteiger partial charge in [-0.15, -0.1) is 0 Å². The molecule has 4 rings (SSSR count). The summed E-state index contributed by atoms with van der Waals surface area (Å²) in [5.41, 5.74) is 2.37. The van der Waals surface area contributed by atoms with Crippen molar-refractivity contribution >= 4 is 27.5 Å². The summed E-state index contributed by atoms with van der Waals surface area (Å²) in [7, 11) is 0. The smallest absolute Gasteiger partial charge is 0.255 e. The summed E-state index contributed by atoms with van der Waals surface area (Å²) in [6, 6.07) is 11.8. The molecule has 5 nitrogen and oxygen atoms in total. The van der Waals surface area contributed by atoms with Gasteiger partial charge in [0, 0.05) is 48.8 Å². The van der Waals surface area contributed by atoms with Crippen molar-refractivity contribution < 1.29 is 4.79 Å². The van der Waals surface area contributed by atoms with E-state index in [4.69, 9.17) is 0 Å². The number of benzene rings is 1. The van der Waals surface area contributed by atoms with Gasteiger partial charge in [-0.1, -0.05) is 22.0 Å². The van der Waals surface area contributed by atoms with Crippen LogP contribution in [0.3, 0.4) is 0 Å². The summed E-state index contributed by atoms with van der Waals surface area (Å²) in [5, 5.41) is 6.75. The third-order valence-corrected chi connectivity index (χ3v) is 5.27. The molecule has 0 unspecified atom stereocenters. The summed E-state index contributed by atoms with van der Waals surface area (Å²) in [6.07, 6.45) is 3.58. The molecule has 2 aliphatic heterocycles. The number of halogens is 1. The number of fused-ring (bicyclic) bond motifs is 1. The van der Waals surface area contributed by atoms with Gasteiger partial charge in [0.05, 0.1) is 11.3 Å². The topological polar surface area (TPSA) is 57.3 Å². The van der Waals surface area contributed by atoms with E-state index >= 15 is 0 Å². The highest BCUT2D eigenvalue weighted by molar-refractivity contribution is 9.10. The summed E-state index contributed by atoms with van der Waals surface area (Å²) in [6.45, 7) is 2.71. The van der Waals surface area contributed by atoms with E-state index in [1.165, 1.54) is 0 Å². The standard InChI is InChI=1S/C18H19BrN4O/c19-13-4-5-16-15(11-13)17(24)22-18(21-16)6-9-23(10-7-18)12-14-3-1-2-8-20-14/h1-5,8,11,21H,6-7,9-10,12H2,(H,22,24). The normalized spacial score (nSPS) is 19.5. The molecule has 0 radical (unpaired) electrons. The fourth-order valence-corrected chi connectivity index (χ4v) is 3.81. The zero-order chi connectivity index (χ0) is 16.6. The SMILES string of the molecule is O=C1NC2(CCN(Cc3ccccn3)CC2)Nc2ccc(Br)cc21. The first-order valence-corrected chi connectivity index (χ1v) is 8.95. The molecule has 2 N–H and O–H groups in total. The van der Waals surface area contributed by atoms with Crippen LogP contribution < -0.4 is 10.6 Å². The van der Waals surface area contributed by atoms with Crippen LogP contribution in [0, 0.1) is 0 Å². The second kappa shape index (κ2) is 6.18. The molecule has 124 valence electrons. The van der Waals surface area contributed by atoms with Gasteiger partial charge in [-0.25, -0.2) is 0 Å². The Morgan fingerprint density at radius 3 is 2.75 bits per heavy atom. The van der Waals surface area contributed by atoms with E-state index in [2.05, 4.69) is 42.5 Å². The van der Waals surface area contributed by atoms with Gasteiger partial charge < -0.3 is 10.6 Å². The van der Waals surface area contributed by atoms with E-state index in [0.717, 1.165) is 48.3 Å². The number of nitrogens with one attached hydrogen (secondary N) is 2. The van der Waals surface area contributed by atoms with Crippen molar-refractivity contribution in [2.24, 2.45) is 0 Å². The van der Waals surface area contributed by atoms with Crippen LogP contribution >= 0.6 is 15.9 Å². The zero-order valence-corrected chi connectivity index (χ0v) is 14.8. The number of amides is 1. The number of piperidine rings is 1. The largest absolute Gasteiger partial charge is 0.362 e. The number of anilines is 1. The van der Waals surface area contributed by atoms with E-state index in [0.29, 0.717) is 5.56 Å².